The van der Waals surface area contributed by atoms with Gasteiger partial charge in [-0.05, 0) is 31.9 Å². The van der Waals surface area contributed by atoms with Gasteiger partial charge >= 0.3 is 0 Å². The second-order valence-corrected chi connectivity index (χ2v) is 4.17. The predicted molar refractivity (Wildman–Crippen MR) is 60.0 cm³/mol. The van der Waals surface area contributed by atoms with E-state index in [0.717, 1.165) is 17.1 Å². The summed E-state index contributed by atoms with van der Waals surface area (Å²) in [5.41, 5.74) is 0.816. The van der Waals surface area contributed by atoms with Crippen LogP contribution in [0.4, 0.5) is 0 Å². The quantitative estimate of drug-likeness (QED) is 0.872. The van der Waals surface area contributed by atoms with E-state index in [-0.39, 0.29) is 6.04 Å². The predicted octanol–water partition coefficient (Wildman–Crippen LogP) is 1.57. The van der Waals surface area contributed by atoms with Crippen LogP contribution in [0, 0.1) is 6.92 Å². The van der Waals surface area contributed by atoms with E-state index >= 15 is 0 Å². The molecule has 6 nitrogen and oxygen atoms in total. The number of aromatic nitrogens is 4. The third-order valence-electron chi connectivity index (χ3n) is 2.17. The average molecular weight is 239 g/mol. The first kappa shape index (κ1) is 11.2. The van der Waals surface area contributed by atoms with Crippen LogP contribution in [0.2, 0.25) is 0 Å². The maximum absolute atomic E-state index is 5.57. The second-order valence-electron chi connectivity index (χ2n) is 3.41. The number of nitrogens with zero attached hydrogens (tertiary/aromatic N) is 4. The lowest BCUT2D eigenvalue weighted by Crippen LogP contribution is -2.17. The Bertz CT molecular complexity index is 466. The van der Waals surface area contributed by atoms with Crippen LogP contribution in [0.3, 0.4) is 0 Å². The lowest BCUT2D eigenvalue weighted by molar-refractivity contribution is 0.429. The lowest BCUT2D eigenvalue weighted by atomic mass is 10.3. The summed E-state index contributed by atoms with van der Waals surface area (Å²) in [6.45, 7) is 6.75. The zero-order chi connectivity index (χ0) is 11.5. The van der Waals surface area contributed by atoms with Crippen LogP contribution in [0.5, 0.6) is 0 Å². The smallest absolute Gasteiger partial charge is 0.261 e. The number of hydrogen-bond acceptors (Lipinski definition) is 7. The van der Waals surface area contributed by atoms with Crippen molar-refractivity contribution in [3.8, 4) is 10.8 Å². The van der Waals surface area contributed by atoms with Gasteiger partial charge in [-0.15, -0.1) is 15.3 Å². The number of hydrogen-bond donors (Lipinski definition) is 1. The van der Waals surface area contributed by atoms with Gasteiger partial charge in [0.25, 0.3) is 5.89 Å². The summed E-state index contributed by atoms with van der Waals surface area (Å²) in [4.78, 5) is 0.836. The Labute approximate surface area is 97.3 Å². The minimum absolute atomic E-state index is 0.0624. The summed E-state index contributed by atoms with van der Waals surface area (Å²) in [6.07, 6.45) is 0. The maximum Gasteiger partial charge on any atom is 0.261 e. The molecule has 7 heteroatoms. The fourth-order valence-corrected chi connectivity index (χ4v) is 1.90. The molecule has 0 saturated carbocycles. The SMILES string of the molecule is CCNC(C)c1nnc(-c2snnc2C)o1. The molecule has 1 unspecified atom stereocenters. The molecule has 0 fully saturated rings. The fraction of sp³-hybridized carbons (Fsp3) is 0.556. The molecular weight excluding hydrogens is 226 g/mol. The van der Waals surface area contributed by atoms with E-state index in [1.54, 1.807) is 0 Å². The Kier molecular flexibility index (Phi) is 3.25. The third kappa shape index (κ3) is 2.10. The summed E-state index contributed by atoms with van der Waals surface area (Å²) >= 11 is 1.26. The molecule has 86 valence electrons. The van der Waals surface area contributed by atoms with Gasteiger partial charge in [-0.2, -0.15) is 0 Å². The molecule has 0 bridgehead atoms. The van der Waals surface area contributed by atoms with Gasteiger partial charge in [-0.25, -0.2) is 0 Å². The molecule has 0 aliphatic carbocycles. The normalized spacial score (nSPS) is 12.9. The summed E-state index contributed by atoms with van der Waals surface area (Å²) in [6, 6.07) is 0.0624. The van der Waals surface area contributed by atoms with Crippen LogP contribution in [0.1, 0.15) is 31.5 Å². The number of rotatable bonds is 4. The molecule has 16 heavy (non-hydrogen) atoms. The molecule has 0 amide bonds. The number of nitrogens with one attached hydrogen (secondary N) is 1. The highest BCUT2D eigenvalue weighted by Crippen LogP contribution is 2.25. The molecule has 0 aliphatic rings. The van der Waals surface area contributed by atoms with Crippen molar-refractivity contribution >= 4 is 11.5 Å². The first-order chi connectivity index (χ1) is 7.72. The van der Waals surface area contributed by atoms with E-state index < -0.39 is 0 Å². The zero-order valence-corrected chi connectivity index (χ0v) is 10.2. The Morgan fingerprint density at radius 2 is 2.19 bits per heavy atom. The van der Waals surface area contributed by atoms with Crippen LogP contribution in [0.25, 0.3) is 10.8 Å². The van der Waals surface area contributed by atoms with E-state index in [4.69, 9.17) is 4.42 Å². The molecule has 0 spiro atoms. The lowest BCUT2D eigenvalue weighted by Gasteiger charge is -2.05. The summed E-state index contributed by atoms with van der Waals surface area (Å²) in [7, 11) is 0. The standard InChI is InChI=1S/C9H13N5OS/c1-4-10-6(3)8-12-13-9(15-8)7-5(2)11-14-16-7/h6,10H,4H2,1-3H3. The van der Waals surface area contributed by atoms with Crippen LogP contribution < -0.4 is 5.32 Å². The number of aryl methyl sites for hydroxylation is 1. The van der Waals surface area contributed by atoms with Gasteiger partial charge in [-0.3, -0.25) is 0 Å². The minimum atomic E-state index is 0.0624. The molecule has 2 rings (SSSR count). The van der Waals surface area contributed by atoms with Gasteiger partial charge < -0.3 is 9.73 Å². The Balaban J connectivity index is 2.23. The minimum Gasteiger partial charge on any atom is -0.418 e. The van der Waals surface area contributed by atoms with E-state index in [0.29, 0.717) is 11.8 Å². The van der Waals surface area contributed by atoms with Crippen molar-refractivity contribution in [1.29, 1.82) is 0 Å². The van der Waals surface area contributed by atoms with Gasteiger partial charge in [0.15, 0.2) is 0 Å². The maximum atomic E-state index is 5.57. The molecular formula is C9H13N5OS. The van der Waals surface area contributed by atoms with Crippen molar-refractivity contribution in [2.75, 3.05) is 6.54 Å². The largest absolute Gasteiger partial charge is 0.418 e. The van der Waals surface area contributed by atoms with E-state index in [1.165, 1.54) is 11.5 Å². The summed E-state index contributed by atoms with van der Waals surface area (Å²) < 4.78 is 9.41. The molecule has 2 aromatic rings. The highest BCUT2D eigenvalue weighted by atomic mass is 32.1. The molecule has 1 N–H and O–H groups in total. The summed E-state index contributed by atoms with van der Waals surface area (Å²) in [5.74, 6) is 1.08. The highest BCUT2D eigenvalue weighted by molar-refractivity contribution is 7.09. The average Bonchev–Trinajstić information content (AvgIpc) is 2.86. The van der Waals surface area contributed by atoms with Gasteiger partial charge in [0.1, 0.15) is 4.88 Å². The van der Waals surface area contributed by atoms with Gasteiger partial charge in [-0.1, -0.05) is 11.4 Å². The topological polar surface area (TPSA) is 76.7 Å². The highest BCUT2D eigenvalue weighted by Gasteiger charge is 2.17. The van der Waals surface area contributed by atoms with Gasteiger partial charge in [0.2, 0.25) is 5.89 Å². The van der Waals surface area contributed by atoms with Crippen molar-refractivity contribution in [3.63, 3.8) is 0 Å². The summed E-state index contributed by atoms with van der Waals surface area (Å²) in [5, 5.41) is 15.1. The first-order valence-corrected chi connectivity index (χ1v) is 5.85. The Morgan fingerprint density at radius 1 is 1.38 bits per heavy atom. The Morgan fingerprint density at radius 3 is 2.81 bits per heavy atom. The van der Waals surface area contributed by atoms with E-state index in [9.17, 15) is 0 Å². The molecule has 0 aliphatic heterocycles. The van der Waals surface area contributed by atoms with Crippen LogP contribution in [-0.2, 0) is 0 Å². The first-order valence-electron chi connectivity index (χ1n) is 5.08. The van der Waals surface area contributed by atoms with Gasteiger partial charge in [0.05, 0.1) is 11.7 Å². The molecule has 0 radical (unpaired) electrons. The van der Waals surface area contributed by atoms with Gasteiger partial charge in [0, 0.05) is 0 Å². The van der Waals surface area contributed by atoms with Crippen LogP contribution >= 0.6 is 11.5 Å². The second kappa shape index (κ2) is 4.67. The zero-order valence-electron chi connectivity index (χ0n) is 9.39. The fourth-order valence-electron chi connectivity index (χ4n) is 1.32. The van der Waals surface area contributed by atoms with Crippen molar-refractivity contribution in [3.05, 3.63) is 11.6 Å². The molecule has 2 heterocycles. The van der Waals surface area contributed by atoms with E-state index in [1.807, 2.05) is 20.8 Å². The Hall–Kier alpha value is -1.34. The molecule has 2 aromatic heterocycles. The van der Waals surface area contributed by atoms with Crippen molar-refractivity contribution < 1.29 is 4.42 Å². The third-order valence-corrected chi connectivity index (χ3v) is 2.98. The van der Waals surface area contributed by atoms with Crippen molar-refractivity contribution in [2.45, 2.75) is 26.8 Å². The monoisotopic (exact) mass is 239 g/mol. The van der Waals surface area contributed by atoms with Crippen molar-refractivity contribution in [1.82, 2.24) is 25.1 Å². The molecule has 1 atom stereocenters. The van der Waals surface area contributed by atoms with E-state index in [2.05, 4.69) is 25.1 Å². The van der Waals surface area contributed by atoms with Crippen LogP contribution in [-0.4, -0.2) is 26.3 Å². The molecule has 0 saturated heterocycles. The van der Waals surface area contributed by atoms with Crippen LogP contribution in [0.15, 0.2) is 4.42 Å². The van der Waals surface area contributed by atoms with Crippen molar-refractivity contribution in [2.24, 2.45) is 0 Å². The molecule has 0 aromatic carbocycles.